The number of thioether (sulfide) groups is 1. The molecule has 2 aromatic rings. The molecule has 0 aliphatic rings. The van der Waals surface area contributed by atoms with Gasteiger partial charge >= 0.3 is 0 Å². The number of hydrogen-bond acceptors (Lipinski definition) is 4. The van der Waals surface area contributed by atoms with Crippen LogP contribution >= 0.6 is 11.8 Å². The predicted octanol–water partition coefficient (Wildman–Crippen LogP) is 2.97. The zero-order valence-electron chi connectivity index (χ0n) is 10.6. The molecular formula is C14H17N3S. The first-order valence-corrected chi connectivity index (χ1v) is 6.80. The molecule has 4 heteroatoms. The molecular weight excluding hydrogens is 242 g/mol. The third-order valence-electron chi connectivity index (χ3n) is 2.76. The Balaban J connectivity index is 2.27. The highest BCUT2D eigenvalue weighted by molar-refractivity contribution is 7.99. The molecule has 2 atom stereocenters. The van der Waals surface area contributed by atoms with Gasteiger partial charge in [0.25, 0.3) is 0 Å². The lowest BCUT2D eigenvalue weighted by Gasteiger charge is -2.21. The summed E-state index contributed by atoms with van der Waals surface area (Å²) in [6.45, 7) is 4.14. The van der Waals surface area contributed by atoms with E-state index in [1.807, 2.05) is 13.0 Å². The monoisotopic (exact) mass is 259 g/mol. The molecule has 18 heavy (non-hydrogen) atoms. The van der Waals surface area contributed by atoms with Gasteiger partial charge in [-0.05, 0) is 25.0 Å². The second-order valence-corrected chi connectivity index (χ2v) is 5.46. The first-order valence-electron chi connectivity index (χ1n) is 5.92. The molecule has 0 spiro atoms. The van der Waals surface area contributed by atoms with Crippen molar-refractivity contribution >= 4 is 11.8 Å². The summed E-state index contributed by atoms with van der Waals surface area (Å²) >= 11 is 1.67. The van der Waals surface area contributed by atoms with E-state index in [2.05, 4.69) is 35.1 Å². The lowest BCUT2D eigenvalue weighted by molar-refractivity contribution is 0.716. The van der Waals surface area contributed by atoms with E-state index in [0.717, 1.165) is 5.03 Å². The van der Waals surface area contributed by atoms with E-state index in [1.165, 1.54) is 11.1 Å². The Morgan fingerprint density at radius 2 is 2.00 bits per heavy atom. The summed E-state index contributed by atoms with van der Waals surface area (Å²) in [5.41, 5.74) is 8.64. The molecule has 2 N–H and O–H groups in total. The molecule has 0 aliphatic heterocycles. The number of aromatic nitrogens is 2. The van der Waals surface area contributed by atoms with Crippen molar-refractivity contribution < 1.29 is 0 Å². The van der Waals surface area contributed by atoms with Crippen molar-refractivity contribution in [2.24, 2.45) is 5.73 Å². The molecule has 3 nitrogen and oxygen atoms in total. The van der Waals surface area contributed by atoms with Gasteiger partial charge in [-0.1, -0.05) is 36.0 Å². The van der Waals surface area contributed by atoms with E-state index in [0.29, 0.717) is 0 Å². The van der Waals surface area contributed by atoms with Crippen LogP contribution in [0.3, 0.4) is 0 Å². The standard InChI is InChI=1S/C14H17N3S/c1-10-5-3-4-6-12(10)14(11(2)15)18-13-9-16-7-8-17-13/h3-9,11,14H,15H2,1-2H3. The highest BCUT2D eigenvalue weighted by atomic mass is 32.2. The van der Waals surface area contributed by atoms with Gasteiger partial charge in [-0.3, -0.25) is 4.98 Å². The molecule has 1 aromatic carbocycles. The van der Waals surface area contributed by atoms with Gasteiger partial charge in [0.05, 0.1) is 11.4 Å². The van der Waals surface area contributed by atoms with Gasteiger partial charge in [-0.25, -0.2) is 4.98 Å². The largest absolute Gasteiger partial charge is 0.327 e. The molecule has 0 radical (unpaired) electrons. The average Bonchev–Trinajstić information content (AvgIpc) is 2.38. The van der Waals surface area contributed by atoms with Crippen molar-refractivity contribution in [1.82, 2.24) is 9.97 Å². The molecule has 0 amide bonds. The van der Waals surface area contributed by atoms with Gasteiger partial charge in [0.15, 0.2) is 0 Å². The summed E-state index contributed by atoms with van der Waals surface area (Å²) in [7, 11) is 0. The summed E-state index contributed by atoms with van der Waals surface area (Å²) in [5, 5.41) is 1.10. The fourth-order valence-electron chi connectivity index (χ4n) is 1.84. The minimum atomic E-state index is 0.0538. The van der Waals surface area contributed by atoms with E-state index in [4.69, 9.17) is 5.73 Å². The van der Waals surface area contributed by atoms with Crippen molar-refractivity contribution in [3.05, 3.63) is 54.0 Å². The number of rotatable bonds is 4. The molecule has 0 saturated heterocycles. The van der Waals surface area contributed by atoms with Gasteiger partial charge in [-0.2, -0.15) is 0 Å². The van der Waals surface area contributed by atoms with Gasteiger partial charge in [0.2, 0.25) is 0 Å². The Morgan fingerprint density at radius 3 is 2.61 bits per heavy atom. The van der Waals surface area contributed by atoms with Crippen LogP contribution in [0.1, 0.15) is 23.3 Å². The van der Waals surface area contributed by atoms with Crippen LogP contribution in [0, 0.1) is 6.92 Å². The molecule has 1 heterocycles. The van der Waals surface area contributed by atoms with Crippen molar-refractivity contribution in [2.75, 3.05) is 0 Å². The normalized spacial score (nSPS) is 14.2. The molecule has 0 bridgehead atoms. The first-order chi connectivity index (χ1) is 8.68. The molecule has 0 fully saturated rings. The number of hydrogen-bond donors (Lipinski definition) is 1. The Labute approximate surface area is 112 Å². The lowest BCUT2D eigenvalue weighted by atomic mass is 10.0. The zero-order valence-corrected chi connectivity index (χ0v) is 11.4. The van der Waals surface area contributed by atoms with E-state index >= 15 is 0 Å². The highest BCUT2D eigenvalue weighted by Gasteiger charge is 2.19. The van der Waals surface area contributed by atoms with Crippen molar-refractivity contribution in [3.8, 4) is 0 Å². The van der Waals surface area contributed by atoms with Gasteiger partial charge in [-0.15, -0.1) is 0 Å². The minimum absolute atomic E-state index is 0.0538. The third-order valence-corrected chi connectivity index (χ3v) is 4.15. The van der Waals surface area contributed by atoms with Crippen LogP contribution < -0.4 is 5.73 Å². The second-order valence-electron chi connectivity index (χ2n) is 4.30. The summed E-state index contributed by atoms with van der Waals surface area (Å²) < 4.78 is 0. The van der Waals surface area contributed by atoms with Crippen molar-refractivity contribution in [2.45, 2.75) is 30.2 Å². The van der Waals surface area contributed by atoms with Crippen LogP contribution in [0.25, 0.3) is 0 Å². The summed E-state index contributed by atoms with van der Waals surface area (Å²) in [6, 6.07) is 8.39. The topological polar surface area (TPSA) is 51.8 Å². The van der Waals surface area contributed by atoms with Crippen LogP contribution in [0.4, 0.5) is 0 Å². The van der Waals surface area contributed by atoms with Crippen LogP contribution in [0.15, 0.2) is 47.9 Å². The zero-order chi connectivity index (χ0) is 13.0. The van der Waals surface area contributed by atoms with Crippen molar-refractivity contribution in [1.29, 1.82) is 0 Å². The number of aryl methyl sites for hydroxylation is 1. The highest BCUT2D eigenvalue weighted by Crippen LogP contribution is 2.37. The van der Waals surface area contributed by atoms with Gasteiger partial charge in [0.1, 0.15) is 5.03 Å². The quantitative estimate of drug-likeness (QED) is 0.858. The molecule has 2 rings (SSSR count). The molecule has 94 valence electrons. The first kappa shape index (κ1) is 13.1. The lowest BCUT2D eigenvalue weighted by Crippen LogP contribution is -2.23. The number of nitrogens with zero attached hydrogens (tertiary/aromatic N) is 2. The SMILES string of the molecule is Cc1ccccc1C(Sc1cnccn1)C(C)N. The Kier molecular flexibility index (Phi) is 4.33. The fourth-order valence-corrected chi connectivity index (χ4v) is 2.95. The maximum absolute atomic E-state index is 6.12. The van der Waals surface area contributed by atoms with Gasteiger partial charge in [0, 0.05) is 18.4 Å². The fraction of sp³-hybridized carbons (Fsp3) is 0.286. The second kappa shape index (κ2) is 5.98. The van der Waals surface area contributed by atoms with Crippen LogP contribution in [-0.2, 0) is 0 Å². The Bertz CT molecular complexity index is 499. The van der Waals surface area contributed by atoms with E-state index in [-0.39, 0.29) is 11.3 Å². The minimum Gasteiger partial charge on any atom is -0.327 e. The van der Waals surface area contributed by atoms with E-state index in [9.17, 15) is 0 Å². The van der Waals surface area contributed by atoms with Crippen molar-refractivity contribution in [3.63, 3.8) is 0 Å². The smallest absolute Gasteiger partial charge is 0.115 e. The summed E-state index contributed by atoms with van der Waals surface area (Å²) in [5.74, 6) is 0. The molecule has 0 saturated carbocycles. The molecule has 2 unspecified atom stereocenters. The maximum Gasteiger partial charge on any atom is 0.115 e. The van der Waals surface area contributed by atoms with E-state index in [1.54, 1.807) is 30.4 Å². The van der Waals surface area contributed by atoms with Crippen LogP contribution in [0.5, 0.6) is 0 Å². The third kappa shape index (κ3) is 3.09. The summed E-state index contributed by atoms with van der Waals surface area (Å²) in [4.78, 5) is 8.39. The predicted molar refractivity (Wildman–Crippen MR) is 75.5 cm³/mol. The average molecular weight is 259 g/mol. The Hall–Kier alpha value is -1.39. The van der Waals surface area contributed by atoms with Gasteiger partial charge < -0.3 is 5.73 Å². The maximum atomic E-state index is 6.12. The van der Waals surface area contributed by atoms with E-state index < -0.39 is 0 Å². The summed E-state index contributed by atoms with van der Waals surface area (Å²) in [6.07, 6.45) is 5.16. The van der Waals surface area contributed by atoms with Crippen LogP contribution in [0.2, 0.25) is 0 Å². The Morgan fingerprint density at radius 1 is 1.22 bits per heavy atom. The molecule has 0 aliphatic carbocycles. The number of nitrogens with two attached hydrogens (primary N) is 1. The van der Waals surface area contributed by atoms with Crippen LogP contribution in [-0.4, -0.2) is 16.0 Å². The molecule has 1 aromatic heterocycles. The number of benzene rings is 1.